The lowest BCUT2D eigenvalue weighted by Gasteiger charge is -2.14. The van der Waals surface area contributed by atoms with Crippen molar-refractivity contribution in [3.8, 4) is 0 Å². The summed E-state index contributed by atoms with van der Waals surface area (Å²) in [4.78, 5) is 29.6. The predicted octanol–water partition coefficient (Wildman–Crippen LogP) is 1.75. The lowest BCUT2D eigenvalue weighted by Crippen LogP contribution is -2.34. The first-order chi connectivity index (χ1) is 13.1. The molecule has 0 saturated heterocycles. The Morgan fingerprint density at radius 3 is 2.96 bits per heavy atom. The second kappa shape index (κ2) is 7.30. The van der Waals surface area contributed by atoms with Crippen LogP contribution < -0.4 is 10.9 Å². The number of fused-ring (bicyclic) bond motifs is 3. The van der Waals surface area contributed by atoms with Gasteiger partial charge in [0, 0.05) is 12.7 Å². The number of pyridine rings is 1. The number of hydrogen-bond donors (Lipinski definition) is 1. The molecule has 0 bridgehead atoms. The highest BCUT2D eigenvalue weighted by Crippen LogP contribution is 2.19. The van der Waals surface area contributed by atoms with Crippen molar-refractivity contribution < 1.29 is 4.79 Å². The summed E-state index contributed by atoms with van der Waals surface area (Å²) in [6, 6.07) is 3.53. The van der Waals surface area contributed by atoms with E-state index in [1.54, 1.807) is 29.7 Å². The highest BCUT2D eigenvalue weighted by Gasteiger charge is 2.17. The largest absolute Gasteiger partial charge is 0.354 e. The molecule has 0 aromatic carbocycles. The maximum Gasteiger partial charge on any atom is 0.297 e. The van der Waals surface area contributed by atoms with Gasteiger partial charge in [0.25, 0.3) is 5.56 Å². The number of allylic oxidation sites excluding steroid dienone is 1. The second-order valence-corrected chi connectivity index (χ2v) is 6.85. The Morgan fingerprint density at radius 1 is 1.26 bits per heavy atom. The van der Waals surface area contributed by atoms with Gasteiger partial charge >= 0.3 is 0 Å². The minimum Gasteiger partial charge on any atom is -0.354 e. The standard InChI is InChI=1S/C19H22N6O2/c1-13-22-23-18-19(27)24(15-8-5-10-21-17(15)25(13)18)12-16(26)20-11-9-14-6-3-2-4-7-14/h5-6,8,10H,2-4,7,9,11-12H2,1H3,(H,20,26). The number of nitrogens with zero attached hydrogens (tertiary/aromatic N) is 5. The van der Waals surface area contributed by atoms with Crippen molar-refractivity contribution >= 4 is 22.7 Å². The lowest BCUT2D eigenvalue weighted by atomic mass is 9.97. The quantitative estimate of drug-likeness (QED) is 0.694. The highest BCUT2D eigenvalue weighted by atomic mass is 16.2. The van der Waals surface area contributed by atoms with Gasteiger partial charge in [0.05, 0.1) is 5.52 Å². The van der Waals surface area contributed by atoms with Crippen LogP contribution in [0.25, 0.3) is 16.8 Å². The Balaban J connectivity index is 1.57. The van der Waals surface area contributed by atoms with Crippen LogP contribution in [-0.2, 0) is 11.3 Å². The predicted molar refractivity (Wildman–Crippen MR) is 101 cm³/mol. The zero-order chi connectivity index (χ0) is 18.8. The van der Waals surface area contributed by atoms with Crippen LogP contribution in [0.2, 0.25) is 0 Å². The van der Waals surface area contributed by atoms with E-state index in [1.807, 2.05) is 0 Å². The molecule has 3 aromatic rings. The van der Waals surface area contributed by atoms with Crippen LogP contribution in [0.4, 0.5) is 0 Å². The van der Waals surface area contributed by atoms with Gasteiger partial charge in [-0.1, -0.05) is 11.6 Å². The second-order valence-electron chi connectivity index (χ2n) is 6.85. The molecule has 1 aliphatic rings. The van der Waals surface area contributed by atoms with E-state index in [0.717, 1.165) is 19.3 Å². The summed E-state index contributed by atoms with van der Waals surface area (Å²) in [5, 5.41) is 10.9. The molecule has 1 N–H and O–H groups in total. The van der Waals surface area contributed by atoms with Crippen molar-refractivity contribution in [3.05, 3.63) is 46.2 Å². The summed E-state index contributed by atoms with van der Waals surface area (Å²) < 4.78 is 3.04. The van der Waals surface area contributed by atoms with Gasteiger partial charge in [-0.15, -0.1) is 10.2 Å². The molecule has 1 aliphatic carbocycles. The number of amides is 1. The van der Waals surface area contributed by atoms with Gasteiger partial charge in [-0.05, 0) is 51.2 Å². The van der Waals surface area contributed by atoms with E-state index in [-0.39, 0.29) is 23.7 Å². The van der Waals surface area contributed by atoms with Crippen molar-refractivity contribution in [1.82, 2.24) is 29.5 Å². The molecule has 8 heteroatoms. The molecule has 140 valence electrons. The number of rotatable bonds is 5. The van der Waals surface area contributed by atoms with Crippen LogP contribution >= 0.6 is 0 Å². The number of aromatic nitrogens is 5. The van der Waals surface area contributed by atoms with Gasteiger partial charge in [-0.2, -0.15) is 0 Å². The highest BCUT2D eigenvalue weighted by molar-refractivity contribution is 5.80. The van der Waals surface area contributed by atoms with E-state index in [1.165, 1.54) is 23.0 Å². The molecule has 0 radical (unpaired) electrons. The van der Waals surface area contributed by atoms with E-state index >= 15 is 0 Å². The Kier molecular flexibility index (Phi) is 4.70. The third kappa shape index (κ3) is 3.34. The van der Waals surface area contributed by atoms with Crippen LogP contribution in [0.1, 0.15) is 37.9 Å². The Labute approximate surface area is 155 Å². The molecule has 0 aliphatic heterocycles. The Hall–Kier alpha value is -3.03. The monoisotopic (exact) mass is 366 g/mol. The summed E-state index contributed by atoms with van der Waals surface area (Å²) in [5.41, 5.74) is 2.40. The minimum absolute atomic E-state index is 0.0670. The maximum absolute atomic E-state index is 12.8. The van der Waals surface area contributed by atoms with Crippen LogP contribution in [-0.4, -0.2) is 36.6 Å². The topological polar surface area (TPSA) is 94.2 Å². The van der Waals surface area contributed by atoms with E-state index in [4.69, 9.17) is 0 Å². The van der Waals surface area contributed by atoms with E-state index in [9.17, 15) is 9.59 Å². The third-order valence-corrected chi connectivity index (χ3v) is 4.99. The van der Waals surface area contributed by atoms with Gasteiger partial charge in [-0.3, -0.25) is 18.6 Å². The molecule has 27 heavy (non-hydrogen) atoms. The van der Waals surface area contributed by atoms with Crippen molar-refractivity contribution in [3.63, 3.8) is 0 Å². The molecule has 0 fully saturated rings. The third-order valence-electron chi connectivity index (χ3n) is 4.99. The lowest BCUT2D eigenvalue weighted by molar-refractivity contribution is -0.121. The van der Waals surface area contributed by atoms with Crippen molar-refractivity contribution in [2.45, 2.75) is 45.6 Å². The van der Waals surface area contributed by atoms with Gasteiger partial charge < -0.3 is 5.32 Å². The zero-order valence-corrected chi connectivity index (χ0v) is 15.3. The molecule has 1 amide bonds. The molecule has 0 saturated carbocycles. The number of hydrogen-bond acceptors (Lipinski definition) is 5. The van der Waals surface area contributed by atoms with Crippen LogP contribution in [0.3, 0.4) is 0 Å². The van der Waals surface area contributed by atoms with Gasteiger partial charge in [0.2, 0.25) is 11.6 Å². The molecule has 4 rings (SSSR count). The van der Waals surface area contributed by atoms with Crippen molar-refractivity contribution in [1.29, 1.82) is 0 Å². The molecule has 0 atom stereocenters. The average molecular weight is 366 g/mol. The molecular formula is C19H22N6O2. The summed E-state index contributed by atoms with van der Waals surface area (Å²) in [7, 11) is 0. The van der Waals surface area contributed by atoms with Gasteiger partial charge in [0.1, 0.15) is 12.4 Å². The molecule has 0 spiro atoms. The van der Waals surface area contributed by atoms with E-state index in [2.05, 4.69) is 26.6 Å². The zero-order valence-electron chi connectivity index (χ0n) is 15.3. The van der Waals surface area contributed by atoms with E-state index < -0.39 is 0 Å². The summed E-state index contributed by atoms with van der Waals surface area (Å²) in [6.45, 7) is 2.29. The van der Waals surface area contributed by atoms with Gasteiger partial charge in [0.15, 0.2) is 5.65 Å². The first-order valence-electron chi connectivity index (χ1n) is 9.29. The molecule has 3 aromatic heterocycles. The number of aryl methyl sites for hydroxylation is 1. The fraction of sp³-hybridized carbons (Fsp3) is 0.421. The molecule has 8 nitrogen and oxygen atoms in total. The van der Waals surface area contributed by atoms with Crippen molar-refractivity contribution in [2.24, 2.45) is 0 Å². The number of carbonyl (C=O) groups is 1. The molecule has 3 heterocycles. The van der Waals surface area contributed by atoms with Crippen LogP contribution in [0, 0.1) is 6.92 Å². The summed E-state index contributed by atoms with van der Waals surface area (Å²) >= 11 is 0. The Bertz CT molecular complexity index is 1090. The average Bonchev–Trinajstić information content (AvgIpc) is 3.08. The summed E-state index contributed by atoms with van der Waals surface area (Å²) in [5.74, 6) is 0.391. The Morgan fingerprint density at radius 2 is 2.15 bits per heavy atom. The first-order valence-corrected chi connectivity index (χ1v) is 9.29. The van der Waals surface area contributed by atoms with Gasteiger partial charge in [-0.25, -0.2) is 4.98 Å². The van der Waals surface area contributed by atoms with Crippen molar-refractivity contribution in [2.75, 3.05) is 6.54 Å². The fourth-order valence-electron chi connectivity index (χ4n) is 3.61. The number of carbonyl (C=O) groups excluding carboxylic acids is 1. The minimum atomic E-state index is -0.346. The molecular weight excluding hydrogens is 344 g/mol. The van der Waals surface area contributed by atoms with E-state index in [0.29, 0.717) is 23.5 Å². The SMILES string of the molecule is Cc1nnc2c(=O)n(CC(=O)NCCC3=CCCCC3)c3cccnc3n12. The van der Waals surface area contributed by atoms with Crippen LogP contribution in [0.5, 0.6) is 0 Å². The maximum atomic E-state index is 12.8. The van der Waals surface area contributed by atoms with Crippen LogP contribution in [0.15, 0.2) is 34.8 Å². The smallest absolute Gasteiger partial charge is 0.297 e. The molecule has 0 unspecified atom stereocenters. The number of nitrogens with one attached hydrogen (secondary N) is 1. The first kappa shape index (κ1) is 17.4. The summed E-state index contributed by atoms with van der Waals surface area (Å²) in [6.07, 6.45) is 9.53. The fourth-order valence-corrected chi connectivity index (χ4v) is 3.61. The normalized spacial score (nSPS) is 14.5.